The van der Waals surface area contributed by atoms with Crippen molar-refractivity contribution in [2.45, 2.75) is 19.4 Å². The van der Waals surface area contributed by atoms with Gasteiger partial charge in [0.2, 0.25) is 0 Å². The van der Waals surface area contributed by atoms with Gasteiger partial charge in [-0.05, 0) is 35.4 Å². The van der Waals surface area contributed by atoms with E-state index in [2.05, 4.69) is 15.5 Å². The Morgan fingerprint density at radius 2 is 2.38 bits per heavy atom. The Hall–Kier alpha value is -2.15. The first-order chi connectivity index (χ1) is 10.3. The van der Waals surface area contributed by atoms with Gasteiger partial charge in [-0.25, -0.2) is 4.68 Å². The Labute approximate surface area is 123 Å². The Morgan fingerprint density at radius 3 is 3.14 bits per heavy atom. The molecule has 7 nitrogen and oxygen atoms in total. The molecule has 1 atom stereocenters. The number of nitrogen functional groups attached to an aromatic ring is 1. The lowest BCUT2D eigenvalue weighted by atomic mass is 10.0. The highest BCUT2D eigenvalue weighted by Gasteiger charge is 2.20. The summed E-state index contributed by atoms with van der Waals surface area (Å²) >= 11 is 0. The average Bonchev–Trinajstić information content (AvgIpc) is 2.96. The average molecular weight is 289 g/mol. The van der Waals surface area contributed by atoms with Crippen LogP contribution in [0.1, 0.15) is 12.8 Å². The molecule has 0 saturated carbocycles. The molecule has 0 amide bonds. The number of benzene rings is 1. The predicted molar refractivity (Wildman–Crippen MR) is 77.8 cm³/mol. The number of nitrogens with zero attached hydrogens (tertiary/aromatic N) is 4. The van der Waals surface area contributed by atoms with E-state index in [1.807, 2.05) is 12.1 Å². The van der Waals surface area contributed by atoms with Crippen LogP contribution in [0.3, 0.4) is 0 Å². The molecule has 3 rings (SSSR count). The van der Waals surface area contributed by atoms with Crippen LogP contribution in [-0.2, 0) is 11.3 Å². The summed E-state index contributed by atoms with van der Waals surface area (Å²) in [6, 6.07) is 5.58. The van der Waals surface area contributed by atoms with Crippen LogP contribution in [0, 0.1) is 5.92 Å². The van der Waals surface area contributed by atoms with Gasteiger partial charge in [-0.2, -0.15) is 0 Å². The molecule has 0 radical (unpaired) electrons. The van der Waals surface area contributed by atoms with Crippen molar-refractivity contribution in [2.24, 2.45) is 5.92 Å². The molecule has 1 aromatic carbocycles. The monoisotopic (exact) mass is 289 g/mol. The van der Waals surface area contributed by atoms with Crippen LogP contribution in [0.25, 0.3) is 11.4 Å². The molecule has 21 heavy (non-hydrogen) atoms. The molecule has 1 unspecified atom stereocenters. The zero-order valence-corrected chi connectivity index (χ0v) is 12.0. The Morgan fingerprint density at radius 1 is 1.48 bits per heavy atom. The molecule has 1 saturated heterocycles. The molecule has 7 heteroatoms. The SMILES string of the molecule is COc1c(N)cccc1-c1nnnn1CC1CCCOC1. The first-order valence-corrected chi connectivity index (χ1v) is 7.06. The minimum atomic E-state index is 0.438. The fourth-order valence-electron chi connectivity index (χ4n) is 2.68. The molecule has 2 heterocycles. The van der Waals surface area contributed by atoms with E-state index in [0.29, 0.717) is 23.2 Å². The summed E-state index contributed by atoms with van der Waals surface area (Å²) in [6.45, 7) is 2.34. The van der Waals surface area contributed by atoms with E-state index in [9.17, 15) is 0 Å². The van der Waals surface area contributed by atoms with E-state index < -0.39 is 0 Å². The van der Waals surface area contributed by atoms with Crippen LogP contribution in [0.15, 0.2) is 18.2 Å². The quantitative estimate of drug-likeness (QED) is 0.855. The van der Waals surface area contributed by atoms with Crippen LogP contribution in [0.2, 0.25) is 0 Å². The highest BCUT2D eigenvalue weighted by molar-refractivity contribution is 5.73. The first-order valence-electron chi connectivity index (χ1n) is 7.06. The molecule has 0 spiro atoms. The van der Waals surface area contributed by atoms with E-state index in [-0.39, 0.29) is 0 Å². The largest absolute Gasteiger partial charge is 0.494 e. The second-order valence-electron chi connectivity index (χ2n) is 5.20. The summed E-state index contributed by atoms with van der Waals surface area (Å²) in [6.07, 6.45) is 2.22. The van der Waals surface area contributed by atoms with Crippen LogP contribution >= 0.6 is 0 Å². The molecular formula is C14H19N5O2. The molecule has 2 N–H and O–H groups in total. The lowest BCUT2D eigenvalue weighted by Crippen LogP contribution is -2.23. The predicted octanol–water partition coefficient (Wildman–Crippen LogP) is 1.36. The van der Waals surface area contributed by atoms with Crippen molar-refractivity contribution >= 4 is 5.69 Å². The van der Waals surface area contributed by atoms with Crippen molar-refractivity contribution in [1.82, 2.24) is 20.2 Å². The fraction of sp³-hybridized carbons (Fsp3) is 0.500. The number of nitrogens with two attached hydrogens (primary N) is 1. The zero-order chi connectivity index (χ0) is 14.7. The normalized spacial score (nSPS) is 18.6. The molecule has 0 bridgehead atoms. The van der Waals surface area contributed by atoms with Gasteiger partial charge in [0.15, 0.2) is 11.6 Å². The molecule has 2 aromatic rings. The maximum atomic E-state index is 5.95. The number of tetrazole rings is 1. The van der Waals surface area contributed by atoms with E-state index in [1.165, 1.54) is 0 Å². The Bertz CT molecular complexity index is 607. The standard InChI is InChI=1S/C14H19N5O2/c1-20-13-11(5-2-6-12(13)15)14-16-17-18-19(14)8-10-4-3-7-21-9-10/h2,5-6,10H,3-4,7-9,15H2,1H3. The van der Waals surface area contributed by atoms with Gasteiger partial charge < -0.3 is 15.2 Å². The second-order valence-corrected chi connectivity index (χ2v) is 5.20. The summed E-state index contributed by atoms with van der Waals surface area (Å²) in [7, 11) is 1.60. The Balaban J connectivity index is 1.90. The lowest BCUT2D eigenvalue weighted by molar-refractivity contribution is 0.0470. The number of para-hydroxylation sites is 1. The van der Waals surface area contributed by atoms with Crippen molar-refractivity contribution in [3.63, 3.8) is 0 Å². The summed E-state index contributed by atoms with van der Waals surface area (Å²) in [5.74, 6) is 1.71. The highest BCUT2D eigenvalue weighted by atomic mass is 16.5. The minimum absolute atomic E-state index is 0.438. The summed E-state index contributed by atoms with van der Waals surface area (Å²) < 4.78 is 12.7. The highest BCUT2D eigenvalue weighted by Crippen LogP contribution is 2.33. The number of hydrogen-bond acceptors (Lipinski definition) is 6. The first kappa shape index (κ1) is 13.8. The van der Waals surface area contributed by atoms with Crippen molar-refractivity contribution in [1.29, 1.82) is 0 Å². The summed E-state index contributed by atoms with van der Waals surface area (Å²) in [5, 5.41) is 12.0. The molecule has 1 aliphatic rings. The third kappa shape index (κ3) is 2.82. The number of methoxy groups -OCH3 is 1. The summed E-state index contributed by atoms with van der Waals surface area (Å²) in [4.78, 5) is 0. The minimum Gasteiger partial charge on any atom is -0.494 e. The van der Waals surface area contributed by atoms with Gasteiger partial charge in [0.25, 0.3) is 0 Å². The number of hydrogen-bond donors (Lipinski definition) is 1. The molecular weight excluding hydrogens is 270 g/mol. The number of aromatic nitrogens is 4. The third-order valence-electron chi connectivity index (χ3n) is 3.71. The van der Waals surface area contributed by atoms with Crippen molar-refractivity contribution in [2.75, 3.05) is 26.1 Å². The van der Waals surface area contributed by atoms with E-state index >= 15 is 0 Å². The number of rotatable bonds is 4. The van der Waals surface area contributed by atoms with Crippen LogP contribution in [0.4, 0.5) is 5.69 Å². The smallest absolute Gasteiger partial charge is 0.185 e. The van der Waals surface area contributed by atoms with Crippen LogP contribution < -0.4 is 10.5 Å². The van der Waals surface area contributed by atoms with Gasteiger partial charge >= 0.3 is 0 Å². The number of anilines is 1. The maximum absolute atomic E-state index is 5.95. The topological polar surface area (TPSA) is 88.1 Å². The van der Waals surface area contributed by atoms with Gasteiger partial charge in [0, 0.05) is 12.5 Å². The molecule has 0 aliphatic carbocycles. The van der Waals surface area contributed by atoms with E-state index in [0.717, 1.165) is 38.2 Å². The van der Waals surface area contributed by atoms with E-state index in [1.54, 1.807) is 17.9 Å². The van der Waals surface area contributed by atoms with E-state index in [4.69, 9.17) is 15.2 Å². The zero-order valence-electron chi connectivity index (χ0n) is 12.0. The fourth-order valence-corrected chi connectivity index (χ4v) is 2.68. The van der Waals surface area contributed by atoms with Gasteiger partial charge in [-0.1, -0.05) is 6.07 Å². The van der Waals surface area contributed by atoms with Crippen LogP contribution in [-0.4, -0.2) is 40.5 Å². The number of ether oxygens (including phenoxy) is 2. The third-order valence-corrected chi connectivity index (χ3v) is 3.71. The van der Waals surface area contributed by atoms with Gasteiger partial charge in [0.1, 0.15) is 0 Å². The Kier molecular flexibility index (Phi) is 4.01. The van der Waals surface area contributed by atoms with Crippen molar-refractivity contribution in [3.05, 3.63) is 18.2 Å². The maximum Gasteiger partial charge on any atom is 0.185 e. The van der Waals surface area contributed by atoms with Crippen LogP contribution in [0.5, 0.6) is 5.75 Å². The lowest BCUT2D eigenvalue weighted by Gasteiger charge is -2.22. The molecule has 1 fully saturated rings. The molecule has 112 valence electrons. The van der Waals surface area contributed by atoms with Crippen molar-refractivity contribution in [3.8, 4) is 17.1 Å². The van der Waals surface area contributed by atoms with Gasteiger partial charge in [-0.3, -0.25) is 0 Å². The second kappa shape index (κ2) is 6.09. The van der Waals surface area contributed by atoms with Crippen molar-refractivity contribution < 1.29 is 9.47 Å². The molecule has 1 aromatic heterocycles. The van der Waals surface area contributed by atoms with Gasteiger partial charge in [-0.15, -0.1) is 5.10 Å². The molecule has 1 aliphatic heterocycles. The van der Waals surface area contributed by atoms with Gasteiger partial charge in [0.05, 0.1) is 31.5 Å². The summed E-state index contributed by atoms with van der Waals surface area (Å²) in [5.41, 5.74) is 7.33.